The lowest BCUT2D eigenvalue weighted by Gasteiger charge is -2.12. The van der Waals surface area contributed by atoms with E-state index in [-0.39, 0.29) is 17.8 Å². The van der Waals surface area contributed by atoms with E-state index in [2.05, 4.69) is 5.32 Å². The number of carbonyl (C=O) groups is 1. The number of hydrogen-bond acceptors (Lipinski definition) is 1. The monoisotopic (exact) mass is 288 g/mol. The second-order valence-corrected chi connectivity index (χ2v) is 5.19. The van der Waals surface area contributed by atoms with E-state index in [1.165, 1.54) is 12.1 Å². The highest BCUT2D eigenvalue weighted by molar-refractivity contribution is 5.94. The molecule has 1 aromatic heterocycles. The van der Waals surface area contributed by atoms with E-state index in [9.17, 15) is 9.18 Å². The third-order valence-electron chi connectivity index (χ3n) is 3.64. The van der Waals surface area contributed by atoms with Crippen LogP contribution in [0.5, 0.6) is 0 Å². The van der Waals surface area contributed by atoms with E-state index in [0.717, 1.165) is 17.5 Å². The van der Waals surface area contributed by atoms with Crippen molar-refractivity contribution in [3.05, 3.63) is 48.0 Å². The normalized spacial score (nSPS) is 12.2. The maximum absolute atomic E-state index is 13.0. The van der Waals surface area contributed by atoms with Gasteiger partial charge in [0, 0.05) is 24.3 Å². The van der Waals surface area contributed by atoms with E-state index in [1.54, 1.807) is 12.1 Å². The van der Waals surface area contributed by atoms with Gasteiger partial charge in [0.15, 0.2) is 0 Å². The van der Waals surface area contributed by atoms with Gasteiger partial charge in [-0.05, 0) is 44.0 Å². The molecule has 0 fully saturated rings. The van der Waals surface area contributed by atoms with Gasteiger partial charge in [-0.2, -0.15) is 0 Å². The molecule has 0 aliphatic rings. The van der Waals surface area contributed by atoms with Gasteiger partial charge in [-0.3, -0.25) is 4.79 Å². The van der Waals surface area contributed by atoms with Crippen molar-refractivity contribution in [1.82, 2.24) is 9.88 Å². The van der Waals surface area contributed by atoms with Crippen LogP contribution in [0.2, 0.25) is 0 Å². The Kier molecular flexibility index (Phi) is 4.78. The van der Waals surface area contributed by atoms with Gasteiger partial charge in [0.1, 0.15) is 11.5 Å². The van der Waals surface area contributed by atoms with Crippen LogP contribution in [-0.2, 0) is 6.54 Å². The number of hydrogen-bond donors (Lipinski definition) is 1. The minimum Gasteiger partial charge on any atom is -0.348 e. The van der Waals surface area contributed by atoms with Crippen molar-refractivity contribution in [2.75, 3.05) is 0 Å². The summed E-state index contributed by atoms with van der Waals surface area (Å²) in [4.78, 5) is 12.3. The zero-order chi connectivity index (χ0) is 15.4. The Morgan fingerprint density at radius 3 is 2.48 bits per heavy atom. The first-order valence-corrected chi connectivity index (χ1v) is 7.32. The van der Waals surface area contributed by atoms with Crippen LogP contribution in [0.1, 0.15) is 37.7 Å². The van der Waals surface area contributed by atoms with Gasteiger partial charge >= 0.3 is 0 Å². The Morgan fingerprint density at radius 2 is 1.90 bits per heavy atom. The molecule has 1 N–H and O–H groups in total. The van der Waals surface area contributed by atoms with Crippen molar-refractivity contribution in [1.29, 1.82) is 0 Å². The molecule has 1 atom stereocenters. The first-order valence-electron chi connectivity index (χ1n) is 7.32. The minimum atomic E-state index is -0.261. The molecule has 0 aliphatic heterocycles. The second kappa shape index (κ2) is 6.57. The van der Waals surface area contributed by atoms with Crippen molar-refractivity contribution >= 4 is 5.91 Å². The van der Waals surface area contributed by atoms with Crippen LogP contribution in [-0.4, -0.2) is 16.5 Å². The van der Waals surface area contributed by atoms with Crippen LogP contribution < -0.4 is 5.32 Å². The van der Waals surface area contributed by atoms with Crippen molar-refractivity contribution in [2.45, 2.75) is 39.8 Å². The number of rotatable bonds is 5. The molecule has 0 aliphatic carbocycles. The van der Waals surface area contributed by atoms with Gasteiger partial charge in [0.2, 0.25) is 0 Å². The third kappa shape index (κ3) is 3.51. The lowest BCUT2D eigenvalue weighted by atomic mass is 10.1. The predicted molar refractivity (Wildman–Crippen MR) is 82.7 cm³/mol. The van der Waals surface area contributed by atoms with E-state index < -0.39 is 0 Å². The molecule has 2 rings (SSSR count). The highest BCUT2D eigenvalue weighted by Gasteiger charge is 2.15. The number of halogens is 1. The van der Waals surface area contributed by atoms with E-state index in [4.69, 9.17) is 0 Å². The molecule has 2 aromatic rings. The molecule has 3 nitrogen and oxygen atoms in total. The number of aryl methyl sites for hydroxylation is 1. The quantitative estimate of drug-likeness (QED) is 0.891. The largest absolute Gasteiger partial charge is 0.348 e. The zero-order valence-corrected chi connectivity index (χ0v) is 12.7. The van der Waals surface area contributed by atoms with Crippen LogP contribution in [0.15, 0.2) is 36.5 Å². The molecule has 4 heteroatoms. The molecule has 0 saturated heterocycles. The Morgan fingerprint density at radius 1 is 1.24 bits per heavy atom. The predicted octanol–water partition coefficient (Wildman–Crippen LogP) is 3.84. The van der Waals surface area contributed by atoms with Crippen LogP contribution in [0, 0.1) is 5.82 Å². The average molecular weight is 288 g/mol. The lowest BCUT2D eigenvalue weighted by molar-refractivity contribution is 0.0930. The van der Waals surface area contributed by atoms with Crippen molar-refractivity contribution in [3.8, 4) is 11.1 Å². The topological polar surface area (TPSA) is 34.0 Å². The van der Waals surface area contributed by atoms with Crippen LogP contribution >= 0.6 is 0 Å². The molecular formula is C17H21FN2O. The van der Waals surface area contributed by atoms with Gasteiger partial charge in [-0.1, -0.05) is 19.1 Å². The first-order chi connectivity index (χ1) is 10.0. The average Bonchev–Trinajstić information content (AvgIpc) is 2.92. The number of nitrogens with zero attached hydrogens (tertiary/aromatic N) is 1. The summed E-state index contributed by atoms with van der Waals surface area (Å²) < 4.78 is 14.9. The van der Waals surface area contributed by atoms with E-state index in [1.807, 2.05) is 37.6 Å². The highest BCUT2D eigenvalue weighted by atomic mass is 19.1. The fourth-order valence-electron chi connectivity index (χ4n) is 2.16. The molecular weight excluding hydrogens is 267 g/mol. The summed E-state index contributed by atoms with van der Waals surface area (Å²) in [6.07, 6.45) is 2.82. The molecule has 21 heavy (non-hydrogen) atoms. The molecule has 1 aromatic carbocycles. The summed E-state index contributed by atoms with van der Waals surface area (Å²) in [5.41, 5.74) is 2.46. The van der Waals surface area contributed by atoms with Gasteiger partial charge in [0.25, 0.3) is 5.91 Å². The Balaban J connectivity index is 2.31. The Labute approximate surface area is 124 Å². The lowest BCUT2D eigenvalue weighted by Crippen LogP contribution is -2.33. The SMILES string of the molecule is CCC(C)NC(=O)c1cc(-c2ccc(F)cc2)cn1CC. The van der Waals surface area contributed by atoms with Crippen LogP contribution in [0.3, 0.4) is 0 Å². The number of benzene rings is 1. The summed E-state index contributed by atoms with van der Waals surface area (Å²) >= 11 is 0. The fourth-order valence-corrected chi connectivity index (χ4v) is 2.16. The fraction of sp³-hybridized carbons (Fsp3) is 0.353. The van der Waals surface area contributed by atoms with Crippen LogP contribution in [0.4, 0.5) is 4.39 Å². The summed E-state index contributed by atoms with van der Waals surface area (Å²) in [7, 11) is 0. The molecule has 0 radical (unpaired) electrons. The smallest absolute Gasteiger partial charge is 0.268 e. The molecule has 0 spiro atoms. The van der Waals surface area contributed by atoms with Crippen molar-refractivity contribution in [2.24, 2.45) is 0 Å². The third-order valence-corrected chi connectivity index (χ3v) is 3.64. The van der Waals surface area contributed by atoms with Crippen molar-refractivity contribution in [3.63, 3.8) is 0 Å². The van der Waals surface area contributed by atoms with Crippen LogP contribution in [0.25, 0.3) is 11.1 Å². The molecule has 1 unspecified atom stereocenters. The first kappa shape index (κ1) is 15.3. The maximum atomic E-state index is 13.0. The molecule has 1 amide bonds. The van der Waals surface area contributed by atoms with Crippen molar-refractivity contribution < 1.29 is 9.18 Å². The highest BCUT2D eigenvalue weighted by Crippen LogP contribution is 2.23. The minimum absolute atomic E-state index is 0.0699. The Hall–Kier alpha value is -2.10. The number of nitrogens with one attached hydrogen (secondary N) is 1. The van der Waals surface area contributed by atoms with Gasteiger partial charge in [-0.25, -0.2) is 4.39 Å². The number of carbonyl (C=O) groups excluding carboxylic acids is 1. The van der Waals surface area contributed by atoms with E-state index in [0.29, 0.717) is 12.2 Å². The summed E-state index contributed by atoms with van der Waals surface area (Å²) in [5, 5.41) is 2.97. The summed E-state index contributed by atoms with van der Waals surface area (Å²) in [6, 6.07) is 8.30. The number of amides is 1. The molecule has 1 heterocycles. The van der Waals surface area contributed by atoms with E-state index >= 15 is 0 Å². The number of aromatic nitrogens is 1. The van der Waals surface area contributed by atoms with Gasteiger partial charge < -0.3 is 9.88 Å². The summed E-state index contributed by atoms with van der Waals surface area (Å²) in [6.45, 7) is 6.73. The standard InChI is InChI=1S/C17H21FN2O/c1-4-12(3)19-17(21)16-10-14(11-20(16)5-2)13-6-8-15(18)9-7-13/h6-12H,4-5H2,1-3H3,(H,19,21). The Bertz CT molecular complexity index is 616. The zero-order valence-electron chi connectivity index (χ0n) is 12.7. The van der Waals surface area contributed by atoms with Gasteiger partial charge in [0.05, 0.1) is 0 Å². The molecule has 0 bridgehead atoms. The second-order valence-electron chi connectivity index (χ2n) is 5.19. The summed E-state index contributed by atoms with van der Waals surface area (Å²) in [5.74, 6) is -0.331. The van der Waals surface area contributed by atoms with Gasteiger partial charge in [-0.15, -0.1) is 0 Å². The molecule has 0 saturated carbocycles. The maximum Gasteiger partial charge on any atom is 0.268 e. The molecule has 112 valence electrons.